The van der Waals surface area contributed by atoms with Gasteiger partial charge in [-0.15, -0.1) is 5.10 Å². The largest absolute Gasteiger partial charge is 0.343 e. The van der Waals surface area contributed by atoms with Gasteiger partial charge in [0.15, 0.2) is 0 Å². The summed E-state index contributed by atoms with van der Waals surface area (Å²) in [4.78, 5) is 20.9. The third-order valence-electron chi connectivity index (χ3n) is 2.56. The van der Waals surface area contributed by atoms with Crippen LogP contribution in [0.3, 0.4) is 0 Å². The van der Waals surface area contributed by atoms with E-state index in [4.69, 9.17) is 5.84 Å². The van der Waals surface area contributed by atoms with E-state index in [9.17, 15) is 19.3 Å². The van der Waals surface area contributed by atoms with Crippen molar-refractivity contribution in [2.75, 3.05) is 0 Å². The fourth-order valence-electron chi connectivity index (χ4n) is 1.50. The monoisotopic (exact) mass is 229 g/mol. The van der Waals surface area contributed by atoms with E-state index in [1.807, 2.05) is 5.43 Å². The molecule has 1 fully saturated rings. The van der Waals surface area contributed by atoms with Crippen molar-refractivity contribution in [1.29, 1.82) is 0 Å². The predicted molar refractivity (Wildman–Crippen MR) is 48.4 cm³/mol. The Morgan fingerprint density at radius 2 is 2.38 bits per heavy atom. The van der Waals surface area contributed by atoms with E-state index in [-0.39, 0.29) is 0 Å². The van der Waals surface area contributed by atoms with Crippen LogP contribution in [-0.4, -0.2) is 20.6 Å². The molecule has 1 amide bonds. The molecule has 1 saturated carbocycles. The standard InChI is InChI=1S/C7H8FN5O3/c8-5-4(13(15)16)3-12(11-5)7(1-2-7)6(14)10-9/h3H,1-2,9H2,(H,10,14). The molecule has 0 atom stereocenters. The molecule has 0 aliphatic heterocycles. The molecule has 1 heterocycles. The fraction of sp³-hybridized carbons (Fsp3) is 0.429. The molecule has 86 valence electrons. The van der Waals surface area contributed by atoms with Crippen LogP contribution in [0.1, 0.15) is 12.8 Å². The Bertz CT molecular complexity index is 467. The van der Waals surface area contributed by atoms with Gasteiger partial charge in [0.2, 0.25) is 0 Å². The first kappa shape index (κ1) is 10.5. The van der Waals surface area contributed by atoms with Gasteiger partial charge >= 0.3 is 11.6 Å². The molecule has 1 aromatic rings. The second-order valence-corrected chi connectivity index (χ2v) is 3.51. The number of halogens is 1. The molecule has 0 unspecified atom stereocenters. The van der Waals surface area contributed by atoms with Gasteiger partial charge in [0.1, 0.15) is 11.7 Å². The molecular formula is C7H8FN5O3. The van der Waals surface area contributed by atoms with Crippen LogP contribution in [0, 0.1) is 16.1 Å². The van der Waals surface area contributed by atoms with Crippen molar-refractivity contribution in [3.05, 3.63) is 22.3 Å². The molecule has 0 bridgehead atoms. The lowest BCUT2D eigenvalue weighted by molar-refractivity contribution is -0.387. The van der Waals surface area contributed by atoms with Crippen LogP contribution in [0.25, 0.3) is 0 Å². The van der Waals surface area contributed by atoms with Crippen molar-refractivity contribution < 1.29 is 14.1 Å². The number of carbonyl (C=O) groups is 1. The van der Waals surface area contributed by atoms with Gasteiger partial charge in [0.05, 0.1) is 4.92 Å². The second kappa shape index (κ2) is 3.23. The number of hydrazine groups is 1. The van der Waals surface area contributed by atoms with Crippen LogP contribution in [0.5, 0.6) is 0 Å². The lowest BCUT2D eigenvalue weighted by Gasteiger charge is -2.12. The van der Waals surface area contributed by atoms with Crippen molar-refractivity contribution in [1.82, 2.24) is 15.2 Å². The quantitative estimate of drug-likeness (QED) is 0.311. The Labute approximate surface area is 88.3 Å². The van der Waals surface area contributed by atoms with Gasteiger partial charge in [-0.25, -0.2) is 10.5 Å². The van der Waals surface area contributed by atoms with E-state index in [0.717, 1.165) is 10.9 Å². The first-order valence-corrected chi connectivity index (χ1v) is 4.42. The number of rotatable bonds is 3. The van der Waals surface area contributed by atoms with Crippen LogP contribution in [0.15, 0.2) is 6.20 Å². The molecule has 1 aromatic heterocycles. The number of nitrogens with two attached hydrogens (primary N) is 1. The summed E-state index contributed by atoms with van der Waals surface area (Å²) in [6.07, 6.45) is 1.75. The third kappa shape index (κ3) is 1.33. The number of nitrogens with one attached hydrogen (secondary N) is 1. The molecule has 0 aromatic carbocycles. The molecule has 3 N–H and O–H groups in total. The normalized spacial score (nSPS) is 16.9. The maximum Gasteiger partial charge on any atom is 0.343 e. The summed E-state index contributed by atoms with van der Waals surface area (Å²) in [6.45, 7) is 0. The van der Waals surface area contributed by atoms with Gasteiger partial charge in [0, 0.05) is 0 Å². The summed E-state index contributed by atoms with van der Waals surface area (Å²) >= 11 is 0. The lowest BCUT2D eigenvalue weighted by Crippen LogP contribution is -2.42. The van der Waals surface area contributed by atoms with Crippen LogP contribution in [-0.2, 0) is 10.3 Å². The molecule has 2 rings (SSSR count). The third-order valence-corrected chi connectivity index (χ3v) is 2.56. The maximum absolute atomic E-state index is 13.0. The molecule has 9 heteroatoms. The van der Waals surface area contributed by atoms with Crippen LogP contribution < -0.4 is 11.3 Å². The minimum absolute atomic E-state index is 0.425. The minimum atomic E-state index is -1.21. The van der Waals surface area contributed by atoms with E-state index >= 15 is 0 Å². The summed E-state index contributed by atoms with van der Waals surface area (Å²) in [7, 11) is 0. The van der Waals surface area contributed by atoms with E-state index < -0.39 is 28.0 Å². The molecule has 0 spiro atoms. The number of hydrogen-bond acceptors (Lipinski definition) is 5. The molecule has 1 aliphatic rings. The topological polar surface area (TPSA) is 116 Å². The van der Waals surface area contributed by atoms with E-state index in [1.165, 1.54) is 0 Å². The Morgan fingerprint density at radius 3 is 2.75 bits per heavy atom. The highest BCUT2D eigenvalue weighted by atomic mass is 19.1. The number of nitrogens with zero attached hydrogens (tertiary/aromatic N) is 3. The smallest absolute Gasteiger partial charge is 0.292 e. The maximum atomic E-state index is 13.0. The highest BCUT2D eigenvalue weighted by Gasteiger charge is 2.53. The summed E-state index contributed by atoms with van der Waals surface area (Å²) in [5, 5.41) is 13.7. The number of carbonyl (C=O) groups excluding carboxylic acids is 1. The van der Waals surface area contributed by atoms with Crippen molar-refractivity contribution in [2.45, 2.75) is 18.4 Å². The van der Waals surface area contributed by atoms with Gasteiger partial charge in [0.25, 0.3) is 5.91 Å². The minimum Gasteiger partial charge on any atom is -0.292 e. The van der Waals surface area contributed by atoms with Gasteiger partial charge in [-0.2, -0.15) is 4.39 Å². The summed E-state index contributed by atoms with van der Waals surface area (Å²) < 4.78 is 14.0. The van der Waals surface area contributed by atoms with Crippen LogP contribution in [0.4, 0.5) is 10.1 Å². The SMILES string of the molecule is NNC(=O)C1(n2cc([N+](=O)[O-])c(F)n2)CC1. The number of nitro groups is 1. The van der Waals surface area contributed by atoms with Crippen molar-refractivity contribution in [3.63, 3.8) is 0 Å². The predicted octanol–water partition coefficient (Wildman–Crippen LogP) is -0.591. The number of amides is 1. The Morgan fingerprint density at radius 1 is 1.75 bits per heavy atom. The van der Waals surface area contributed by atoms with Crippen LogP contribution in [0.2, 0.25) is 0 Å². The average Bonchev–Trinajstić information content (AvgIpc) is 2.95. The highest BCUT2D eigenvalue weighted by Crippen LogP contribution is 2.43. The lowest BCUT2D eigenvalue weighted by atomic mass is 10.2. The number of aromatic nitrogens is 2. The van der Waals surface area contributed by atoms with Gasteiger partial charge < -0.3 is 0 Å². The molecule has 1 aliphatic carbocycles. The summed E-state index contributed by atoms with van der Waals surface area (Å²) in [6, 6.07) is 0. The molecule has 8 nitrogen and oxygen atoms in total. The average molecular weight is 229 g/mol. The van der Waals surface area contributed by atoms with Gasteiger partial charge in [-0.1, -0.05) is 0 Å². The second-order valence-electron chi connectivity index (χ2n) is 3.51. The summed E-state index contributed by atoms with van der Waals surface area (Å²) in [5.74, 6) is 3.23. The van der Waals surface area contributed by atoms with Crippen LogP contribution >= 0.6 is 0 Å². The molecule has 0 saturated heterocycles. The highest BCUT2D eigenvalue weighted by molar-refractivity contribution is 5.86. The Balaban J connectivity index is 2.39. The zero-order valence-electron chi connectivity index (χ0n) is 8.01. The fourth-order valence-corrected chi connectivity index (χ4v) is 1.50. The van der Waals surface area contributed by atoms with E-state index in [2.05, 4.69) is 5.10 Å². The van der Waals surface area contributed by atoms with Crippen molar-refractivity contribution >= 4 is 11.6 Å². The van der Waals surface area contributed by atoms with Gasteiger partial charge in [-0.3, -0.25) is 20.3 Å². The molecule has 16 heavy (non-hydrogen) atoms. The first-order valence-electron chi connectivity index (χ1n) is 4.42. The van der Waals surface area contributed by atoms with Crippen molar-refractivity contribution in [2.24, 2.45) is 5.84 Å². The van der Waals surface area contributed by atoms with Gasteiger partial charge in [-0.05, 0) is 12.8 Å². The Hall–Kier alpha value is -2.03. The molecular weight excluding hydrogens is 221 g/mol. The zero-order valence-corrected chi connectivity index (χ0v) is 8.01. The summed E-state index contributed by atoms with van der Waals surface area (Å²) in [5.41, 5.74) is 0.113. The van der Waals surface area contributed by atoms with Crippen molar-refractivity contribution in [3.8, 4) is 0 Å². The zero-order chi connectivity index (χ0) is 11.9. The number of hydrogen-bond donors (Lipinski definition) is 2. The Kier molecular flexibility index (Phi) is 2.12. The van der Waals surface area contributed by atoms with E-state index in [1.54, 1.807) is 0 Å². The molecule has 0 radical (unpaired) electrons. The first-order chi connectivity index (χ1) is 7.51. The van der Waals surface area contributed by atoms with E-state index in [0.29, 0.717) is 12.8 Å².